The molecule has 4 rings (SSSR count). The van der Waals surface area contributed by atoms with Gasteiger partial charge in [-0.3, -0.25) is 24.5 Å². The highest BCUT2D eigenvalue weighted by Crippen LogP contribution is 2.34. The van der Waals surface area contributed by atoms with Crippen LogP contribution in [0.25, 0.3) is 10.9 Å². The van der Waals surface area contributed by atoms with Crippen LogP contribution in [0.3, 0.4) is 0 Å². The van der Waals surface area contributed by atoms with Gasteiger partial charge in [-0.15, -0.1) is 11.8 Å². The van der Waals surface area contributed by atoms with Crippen LogP contribution in [-0.2, 0) is 4.84 Å². The van der Waals surface area contributed by atoms with Crippen molar-refractivity contribution in [3.05, 3.63) is 66.1 Å². The van der Waals surface area contributed by atoms with E-state index in [0.29, 0.717) is 16.8 Å². The number of nitrogens with zero attached hydrogens (tertiary/aromatic N) is 2. The lowest BCUT2D eigenvalue weighted by molar-refractivity contribution is -0.0525. The molecule has 1 aliphatic heterocycles. The Morgan fingerprint density at radius 3 is 2.77 bits per heavy atom. The predicted molar refractivity (Wildman–Crippen MR) is 117 cm³/mol. The predicted octanol–water partition coefficient (Wildman–Crippen LogP) is 3.91. The number of nitrogens with one attached hydrogen (secondary N) is 2. The normalized spacial score (nSPS) is 19.2. The molecule has 7 nitrogen and oxygen atoms in total. The molecule has 156 valence electrons. The number of amides is 1. The summed E-state index contributed by atoms with van der Waals surface area (Å²) in [6.07, 6.45) is 5.14. The molecular formula is C22H24N4O3S. The number of aromatic nitrogens is 2. The van der Waals surface area contributed by atoms with Crippen LogP contribution in [0.5, 0.6) is 0 Å². The van der Waals surface area contributed by atoms with Crippen molar-refractivity contribution in [1.29, 1.82) is 0 Å². The van der Waals surface area contributed by atoms with E-state index in [1.54, 1.807) is 24.2 Å². The van der Waals surface area contributed by atoms with Crippen molar-refractivity contribution in [2.24, 2.45) is 0 Å². The summed E-state index contributed by atoms with van der Waals surface area (Å²) in [5.41, 5.74) is 4.16. The van der Waals surface area contributed by atoms with Crippen molar-refractivity contribution >= 4 is 34.5 Å². The highest BCUT2D eigenvalue weighted by Gasteiger charge is 2.33. The molecule has 1 amide bonds. The smallest absolute Gasteiger partial charge is 0.292 e. The van der Waals surface area contributed by atoms with Crippen LogP contribution < -0.4 is 10.8 Å². The molecule has 2 unspecified atom stereocenters. The summed E-state index contributed by atoms with van der Waals surface area (Å²) in [5.74, 6) is 0.616. The van der Waals surface area contributed by atoms with Crippen molar-refractivity contribution in [3.8, 4) is 0 Å². The van der Waals surface area contributed by atoms with E-state index in [1.807, 2.05) is 63.4 Å². The quantitative estimate of drug-likeness (QED) is 0.488. The molecule has 2 aromatic heterocycles. The number of ketones is 1. The fourth-order valence-electron chi connectivity index (χ4n) is 3.32. The van der Waals surface area contributed by atoms with Gasteiger partial charge in [-0.1, -0.05) is 24.3 Å². The molecule has 0 bridgehead atoms. The second-order valence-electron chi connectivity index (χ2n) is 8.13. The van der Waals surface area contributed by atoms with Gasteiger partial charge in [0.1, 0.15) is 0 Å². The van der Waals surface area contributed by atoms with Crippen molar-refractivity contribution in [2.45, 2.75) is 37.8 Å². The van der Waals surface area contributed by atoms with Crippen molar-refractivity contribution in [2.75, 3.05) is 5.75 Å². The maximum absolute atomic E-state index is 13.3. The van der Waals surface area contributed by atoms with E-state index in [9.17, 15) is 9.59 Å². The van der Waals surface area contributed by atoms with E-state index < -0.39 is 11.6 Å². The zero-order valence-electron chi connectivity index (χ0n) is 17.1. The van der Waals surface area contributed by atoms with E-state index in [4.69, 9.17) is 4.84 Å². The lowest BCUT2D eigenvalue weighted by Gasteiger charge is -2.19. The first kappa shape index (κ1) is 20.6. The van der Waals surface area contributed by atoms with Crippen LogP contribution in [0.4, 0.5) is 4.79 Å². The van der Waals surface area contributed by atoms with Crippen molar-refractivity contribution < 1.29 is 14.4 Å². The number of benzene rings is 1. The van der Waals surface area contributed by atoms with Crippen molar-refractivity contribution in [1.82, 2.24) is 20.3 Å². The summed E-state index contributed by atoms with van der Waals surface area (Å²) in [5, 5.41) is 4.15. The number of carbonyl (C=O) groups excluding carboxylic acids is 2. The number of Topliss-reactive ketones (excluding diaryl/α,β-unsaturated/α-hetero) is 1. The number of pyridine rings is 1. The lowest BCUT2D eigenvalue weighted by Crippen LogP contribution is -2.36. The largest absolute Gasteiger partial charge is 0.349 e. The van der Waals surface area contributed by atoms with Gasteiger partial charge in [-0.25, -0.2) is 10.3 Å². The molecule has 1 aliphatic rings. The Balaban J connectivity index is 1.58. The third-order valence-corrected chi connectivity index (χ3v) is 5.99. The monoisotopic (exact) mass is 424 g/mol. The third-order valence-electron chi connectivity index (χ3n) is 4.73. The van der Waals surface area contributed by atoms with Gasteiger partial charge in [0.05, 0.1) is 22.5 Å². The van der Waals surface area contributed by atoms with Crippen molar-refractivity contribution in [3.63, 3.8) is 0 Å². The van der Waals surface area contributed by atoms with Crippen LogP contribution in [-0.4, -0.2) is 38.8 Å². The lowest BCUT2D eigenvalue weighted by atomic mass is 10.0. The molecule has 2 N–H and O–H groups in total. The zero-order chi connectivity index (χ0) is 21.3. The summed E-state index contributed by atoms with van der Waals surface area (Å²) in [6, 6.07) is 10.5. The van der Waals surface area contributed by atoms with Gasteiger partial charge in [0.2, 0.25) is 0 Å². The highest BCUT2D eigenvalue weighted by atomic mass is 32.2. The van der Waals surface area contributed by atoms with Crippen LogP contribution in [0.15, 0.2) is 55.0 Å². The fourth-order valence-corrected chi connectivity index (χ4v) is 4.55. The molecular weight excluding hydrogens is 400 g/mol. The number of hydrogen-bond donors (Lipinski definition) is 2. The Morgan fingerprint density at radius 1 is 1.23 bits per heavy atom. The van der Waals surface area contributed by atoms with Crippen LogP contribution in [0, 0.1) is 0 Å². The fraction of sp³-hybridized carbons (Fsp3) is 0.318. The summed E-state index contributed by atoms with van der Waals surface area (Å²) < 4.78 is 1.43. The standard InChI is InChI=1S/C22H24N4O3S/c1-22(2,3)29-25-21(28)26-12-16(15-8-4-5-9-18(15)26)19(27)17-13-30-20(24-17)14-7-6-10-23-11-14/h4-12,17,20,24H,13H2,1-3H3,(H,25,28). The molecule has 8 heteroatoms. The molecule has 0 radical (unpaired) electrons. The number of hydrogen-bond acceptors (Lipinski definition) is 6. The zero-order valence-corrected chi connectivity index (χ0v) is 17.9. The molecule has 3 heterocycles. The molecule has 1 fully saturated rings. The molecule has 0 spiro atoms. The van der Waals surface area contributed by atoms with Gasteiger partial charge in [0.15, 0.2) is 5.78 Å². The van der Waals surface area contributed by atoms with E-state index in [0.717, 1.165) is 10.9 Å². The second kappa shape index (κ2) is 8.22. The van der Waals surface area contributed by atoms with Crippen LogP contribution in [0.1, 0.15) is 42.1 Å². The van der Waals surface area contributed by atoms with Gasteiger partial charge in [-0.2, -0.15) is 0 Å². The van der Waals surface area contributed by atoms with E-state index in [-0.39, 0.29) is 17.2 Å². The summed E-state index contributed by atoms with van der Waals surface area (Å²) in [7, 11) is 0. The Morgan fingerprint density at radius 2 is 2.03 bits per heavy atom. The first-order valence-corrected chi connectivity index (χ1v) is 10.8. The minimum Gasteiger partial charge on any atom is -0.292 e. The van der Waals surface area contributed by atoms with E-state index >= 15 is 0 Å². The number of para-hydroxylation sites is 1. The molecule has 0 saturated carbocycles. The maximum Gasteiger partial charge on any atom is 0.349 e. The van der Waals surface area contributed by atoms with Crippen LogP contribution >= 0.6 is 11.8 Å². The minimum atomic E-state index is -0.524. The molecule has 1 aromatic carbocycles. The van der Waals surface area contributed by atoms with E-state index in [2.05, 4.69) is 15.8 Å². The minimum absolute atomic E-state index is 0.0180. The molecule has 2 atom stereocenters. The first-order valence-electron chi connectivity index (χ1n) is 9.74. The average Bonchev–Trinajstić information content (AvgIpc) is 3.37. The molecule has 30 heavy (non-hydrogen) atoms. The third kappa shape index (κ3) is 4.26. The van der Waals surface area contributed by atoms with Gasteiger partial charge >= 0.3 is 6.03 Å². The number of fused-ring (bicyclic) bond motifs is 1. The number of hydroxylamine groups is 1. The van der Waals surface area contributed by atoms with Crippen LogP contribution in [0.2, 0.25) is 0 Å². The topological polar surface area (TPSA) is 85.2 Å². The van der Waals surface area contributed by atoms with Gasteiger partial charge in [0, 0.05) is 35.3 Å². The highest BCUT2D eigenvalue weighted by molar-refractivity contribution is 7.99. The van der Waals surface area contributed by atoms with Gasteiger partial charge in [-0.05, 0) is 38.5 Å². The second-order valence-corrected chi connectivity index (χ2v) is 9.27. The Bertz CT molecular complexity index is 1070. The average molecular weight is 425 g/mol. The SMILES string of the molecule is CC(C)(C)ONC(=O)n1cc(C(=O)C2CSC(c3cccnc3)N2)c2ccccc21. The summed E-state index contributed by atoms with van der Waals surface area (Å²) >= 11 is 1.68. The Kier molecular flexibility index (Phi) is 5.64. The maximum atomic E-state index is 13.3. The number of carbonyl (C=O) groups is 2. The molecule has 3 aromatic rings. The summed E-state index contributed by atoms with van der Waals surface area (Å²) in [4.78, 5) is 35.6. The first-order chi connectivity index (χ1) is 14.3. The van der Waals surface area contributed by atoms with Gasteiger partial charge < -0.3 is 0 Å². The molecule has 1 saturated heterocycles. The summed E-state index contributed by atoms with van der Waals surface area (Å²) in [6.45, 7) is 5.54. The van der Waals surface area contributed by atoms with E-state index in [1.165, 1.54) is 4.57 Å². The Hall–Kier alpha value is -2.68. The molecule has 0 aliphatic carbocycles. The Labute approximate surface area is 179 Å². The number of thioether (sulfide) groups is 1. The van der Waals surface area contributed by atoms with Gasteiger partial charge in [0.25, 0.3) is 0 Å². The number of rotatable bonds is 4.